The fourth-order valence-electron chi connectivity index (χ4n) is 4.43. The molecule has 13 nitrogen and oxygen atoms in total. The molecule has 0 saturated carbocycles. The highest BCUT2D eigenvalue weighted by atomic mass is 35.5. The SMILES string of the molecule is NC(=O)Oc1ccc(-c2[nH]c([C@@H]3CCc4nc(-c5cc(Cl)ccc5-n5cnnn5)cc(=O)n43)nc2Cl)nc1. The number of nitrogens with two attached hydrogens (primary N) is 1. The van der Waals surface area contributed by atoms with Crippen molar-refractivity contribution in [2.75, 3.05) is 0 Å². The molecule has 0 aliphatic carbocycles. The van der Waals surface area contributed by atoms with Crippen LogP contribution in [0.15, 0.2) is 53.7 Å². The summed E-state index contributed by atoms with van der Waals surface area (Å²) in [7, 11) is 0. The van der Waals surface area contributed by atoms with Crippen LogP contribution >= 0.6 is 23.2 Å². The Morgan fingerprint density at radius 1 is 1.13 bits per heavy atom. The van der Waals surface area contributed by atoms with Crippen molar-refractivity contribution >= 4 is 29.3 Å². The summed E-state index contributed by atoms with van der Waals surface area (Å²) in [5, 5.41) is 12.0. The number of fused-ring (bicyclic) bond motifs is 1. The monoisotopic (exact) mass is 550 g/mol. The summed E-state index contributed by atoms with van der Waals surface area (Å²) in [6, 6.07) is 9.38. The van der Waals surface area contributed by atoms with Crippen LogP contribution in [0.2, 0.25) is 10.2 Å². The summed E-state index contributed by atoms with van der Waals surface area (Å²) in [5.41, 5.74) is 7.41. The molecule has 0 bridgehead atoms. The van der Waals surface area contributed by atoms with Gasteiger partial charge in [-0.15, -0.1) is 5.10 Å². The molecule has 1 aliphatic heterocycles. The van der Waals surface area contributed by atoms with Crippen molar-refractivity contribution in [3.8, 4) is 34.1 Å². The van der Waals surface area contributed by atoms with Gasteiger partial charge < -0.3 is 15.5 Å². The number of nitrogens with zero attached hydrogens (tertiary/aromatic N) is 8. The third-order valence-electron chi connectivity index (χ3n) is 6.01. The van der Waals surface area contributed by atoms with E-state index in [1.807, 2.05) is 0 Å². The summed E-state index contributed by atoms with van der Waals surface area (Å²) in [4.78, 5) is 41.0. The van der Waals surface area contributed by atoms with Crippen molar-refractivity contribution in [1.29, 1.82) is 0 Å². The highest BCUT2D eigenvalue weighted by Gasteiger charge is 2.30. The Bertz CT molecular complexity index is 1730. The molecule has 3 N–H and O–H groups in total. The van der Waals surface area contributed by atoms with Crippen LogP contribution < -0.4 is 16.0 Å². The number of nitrogens with one attached hydrogen (secondary N) is 1. The molecule has 0 fully saturated rings. The Balaban J connectivity index is 1.35. The van der Waals surface area contributed by atoms with Crippen LogP contribution in [-0.4, -0.2) is 50.8 Å². The number of halogens is 2. The zero-order chi connectivity index (χ0) is 26.4. The Morgan fingerprint density at radius 2 is 2.00 bits per heavy atom. The van der Waals surface area contributed by atoms with Crippen molar-refractivity contribution < 1.29 is 9.53 Å². The number of imidazole rings is 1. The van der Waals surface area contributed by atoms with Crippen LogP contribution in [0.25, 0.3) is 28.3 Å². The predicted octanol–water partition coefficient (Wildman–Crippen LogP) is 2.97. The summed E-state index contributed by atoms with van der Waals surface area (Å²) in [5.74, 6) is 1.29. The van der Waals surface area contributed by atoms with Crippen molar-refractivity contribution in [1.82, 2.24) is 44.7 Å². The number of carbonyl (C=O) groups is 1. The lowest BCUT2D eigenvalue weighted by Gasteiger charge is -2.14. The van der Waals surface area contributed by atoms with Crippen LogP contribution in [0.3, 0.4) is 0 Å². The van der Waals surface area contributed by atoms with Crippen LogP contribution in [0, 0.1) is 0 Å². The van der Waals surface area contributed by atoms with Crippen LogP contribution in [0.1, 0.15) is 24.1 Å². The van der Waals surface area contributed by atoms with Gasteiger partial charge in [0.2, 0.25) is 0 Å². The third-order valence-corrected chi connectivity index (χ3v) is 6.52. The first-order chi connectivity index (χ1) is 18.4. The number of carbonyl (C=O) groups excluding carboxylic acids is 1. The van der Waals surface area contributed by atoms with Gasteiger partial charge in [-0.1, -0.05) is 23.2 Å². The van der Waals surface area contributed by atoms with Crippen molar-refractivity contribution in [2.45, 2.75) is 18.9 Å². The number of primary amides is 1. The smallest absolute Gasteiger partial charge is 0.409 e. The van der Waals surface area contributed by atoms with Gasteiger partial charge in [-0.2, -0.15) is 4.68 Å². The lowest BCUT2D eigenvalue weighted by atomic mass is 10.1. The van der Waals surface area contributed by atoms with Gasteiger partial charge in [0.15, 0.2) is 10.9 Å². The number of pyridine rings is 1. The second-order valence-corrected chi connectivity index (χ2v) is 9.12. The molecule has 5 aromatic rings. The molecule has 1 aliphatic rings. The van der Waals surface area contributed by atoms with E-state index in [0.717, 1.165) is 0 Å². The number of amides is 1. The molecular formula is C23H16Cl2N10O3. The van der Waals surface area contributed by atoms with Gasteiger partial charge >= 0.3 is 6.09 Å². The normalized spacial score (nSPS) is 14.4. The standard InChI is InChI=1S/C23H16Cl2N10O3/c24-11-1-4-16(34-10-28-32-33-34)13(7-11)15-8-19(36)35-17(5-6-18(35)29-15)22-30-20(21(25)31-22)14-3-2-12(9-27-14)38-23(26)37/h1-4,7-10,17H,5-6H2,(H2,26,37)(H,30,31)/t17-/m0/s1. The van der Waals surface area contributed by atoms with Gasteiger partial charge in [0.05, 0.1) is 29.3 Å². The van der Waals surface area contributed by atoms with Crippen molar-refractivity contribution in [3.63, 3.8) is 0 Å². The molecule has 190 valence electrons. The van der Waals surface area contributed by atoms with Crippen molar-refractivity contribution in [3.05, 3.63) is 81.1 Å². The van der Waals surface area contributed by atoms with E-state index in [-0.39, 0.29) is 16.5 Å². The molecule has 0 spiro atoms. The second-order valence-electron chi connectivity index (χ2n) is 8.32. The topological polar surface area (TPSA) is 172 Å². The number of hydrogen-bond acceptors (Lipinski definition) is 9. The average Bonchev–Trinajstić information content (AvgIpc) is 3.64. The number of aromatic nitrogens is 9. The van der Waals surface area contributed by atoms with Gasteiger partial charge in [0.1, 0.15) is 23.7 Å². The molecule has 5 heterocycles. The Kier molecular flexibility index (Phi) is 5.85. The summed E-state index contributed by atoms with van der Waals surface area (Å²) >= 11 is 12.7. The number of aryl methyl sites for hydroxylation is 1. The Hall–Kier alpha value is -4.62. The molecule has 0 radical (unpaired) electrons. The molecule has 38 heavy (non-hydrogen) atoms. The van der Waals surface area contributed by atoms with Gasteiger partial charge in [-0.3, -0.25) is 14.3 Å². The average molecular weight is 551 g/mol. The minimum atomic E-state index is -0.939. The maximum Gasteiger partial charge on any atom is 0.410 e. The lowest BCUT2D eigenvalue weighted by Crippen LogP contribution is -2.25. The van der Waals surface area contributed by atoms with Crippen LogP contribution in [0.4, 0.5) is 4.79 Å². The first kappa shape index (κ1) is 23.8. The fraction of sp³-hybridized carbons (Fsp3) is 0.130. The molecule has 1 aromatic carbocycles. The van der Waals surface area contributed by atoms with Crippen LogP contribution in [-0.2, 0) is 6.42 Å². The molecule has 1 amide bonds. The van der Waals surface area contributed by atoms with E-state index in [2.05, 4.69) is 30.5 Å². The number of tetrazole rings is 1. The van der Waals surface area contributed by atoms with Crippen LogP contribution in [0.5, 0.6) is 5.75 Å². The van der Waals surface area contributed by atoms with E-state index in [4.69, 9.17) is 38.7 Å². The zero-order valence-corrected chi connectivity index (χ0v) is 20.8. The van der Waals surface area contributed by atoms with Gasteiger partial charge in [-0.05, 0) is 47.2 Å². The number of aromatic amines is 1. The molecule has 0 unspecified atom stereocenters. The molecular weight excluding hydrogens is 535 g/mol. The maximum atomic E-state index is 13.4. The largest absolute Gasteiger partial charge is 0.410 e. The van der Waals surface area contributed by atoms with E-state index >= 15 is 0 Å². The number of rotatable bonds is 5. The minimum Gasteiger partial charge on any atom is -0.409 e. The number of H-pyrrole nitrogens is 1. The first-order valence-corrected chi connectivity index (χ1v) is 12.0. The zero-order valence-electron chi connectivity index (χ0n) is 19.2. The molecule has 0 saturated heterocycles. The number of hydrogen-bond donors (Lipinski definition) is 2. The molecule has 4 aromatic heterocycles. The first-order valence-electron chi connectivity index (χ1n) is 11.2. The Labute approximate surface area is 223 Å². The highest BCUT2D eigenvalue weighted by Crippen LogP contribution is 2.34. The molecule has 15 heteroatoms. The van der Waals surface area contributed by atoms with Gasteiger partial charge in [-0.25, -0.2) is 14.8 Å². The van der Waals surface area contributed by atoms with Gasteiger partial charge in [0, 0.05) is 23.1 Å². The van der Waals surface area contributed by atoms with E-state index in [1.165, 1.54) is 29.3 Å². The number of benzene rings is 1. The van der Waals surface area contributed by atoms with E-state index < -0.39 is 12.1 Å². The van der Waals surface area contributed by atoms with E-state index in [0.29, 0.717) is 57.8 Å². The maximum absolute atomic E-state index is 13.4. The summed E-state index contributed by atoms with van der Waals surface area (Å²) in [6.45, 7) is 0. The quantitative estimate of drug-likeness (QED) is 0.333. The molecule has 6 rings (SSSR count). The fourth-order valence-corrected chi connectivity index (χ4v) is 4.83. The number of ether oxygens (including phenoxy) is 1. The van der Waals surface area contributed by atoms with Gasteiger partial charge in [0.25, 0.3) is 5.56 Å². The highest BCUT2D eigenvalue weighted by molar-refractivity contribution is 6.32. The molecule has 1 atom stereocenters. The lowest BCUT2D eigenvalue weighted by molar-refractivity contribution is 0.210. The minimum absolute atomic E-state index is 0.187. The third kappa shape index (κ3) is 4.27. The Morgan fingerprint density at radius 3 is 2.74 bits per heavy atom. The predicted molar refractivity (Wildman–Crippen MR) is 135 cm³/mol. The van der Waals surface area contributed by atoms with E-state index in [9.17, 15) is 9.59 Å². The summed E-state index contributed by atoms with van der Waals surface area (Å²) < 4.78 is 7.88. The van der Waals surface area contributed by atoms with E-state index in [1.54, 1.807) is 28.8 Å². The van der Waals surface area contributed by atoms with Crippen molar-refractivity contribution in [2.24, 2.45) is 5.73 Å². The summed E-state index contributed by atoms with van der Waals surface area (Å²) in [6.07, 6.45) is 2.99. The second kappa shape index (κ2) is 9.36.